The second kappa shape index (κ2) is 10.1. The number of aryl methyl sites for hydroxylation is 1. The van der Waals surface area contributed by atoms with E-state index in [0.29, 0.717) is 30.4 Å². The van der Waals surface area contributed by atoms with Gasteiger partial charge < -0.3 is 19.9 Å². The smallest absolute Gasteiger partial charge is 0.333 e. The van der Waals surface area contributed by atoms with Crippen LogP contribution in [0.15, 0.2) is 40.1 Å². The van der Waals surface area contributed by atoms with Gasteiger partial charge in [-0.25, -0.2) is 14.8 Å². The van der Waals surface area contributed by atoms with Crippen molar-refractivity contribution in [1.82, 2.24) is 28.7 Å². The number of nitrogens with zero attached hydrogens (tertiary/aromatic N) is 7. The summed E-state index contributed by atoms with van der Waals surface area (Å²) >= 11 is 0. The van der Waals surface area contributed by atoms with Crippen molar-refractivity contribution in [2.45, 2.75) is 52.4 Å². The Hall–Kier alpha value is -4.06. The molecular weight excluding hydrogens is 476 g/mol. The van der Waals surface area contributed by atoms with Gasteiger partial charge in [-0.15, -0.1) is 0 Å². The molecule has 1 fully saturated rings. The molecule has 0 aliphatic carbocycles. The number of nitrogens with two attached hydrogens (primary N) is 1. The first-order chi connectivity index (χ1) is 17.9. The largest absolute Gasteiger partial charge is 0.465 e. The first-order valence-corrected chi connectivity index (χ1v) is 12.5. The molecule has 1 aliphatic heterocycles. The van der Waals surface area contributed by atoms with Crippen LogP contribution in [0.25, 0.3) is 22.2 Å². The maximum atomic E-state index is 13.8. The third-order valence-corrected chi connectivity index (χ3v) is 6.59. The lowest BCUT2D eigenvalue weighted by Crippen LogP contribution is -2.44. The molecular formula is C25H30N8O4. The Balaban J connectivity index is 1.70. The van der Waals surface area contributed by atoms with Gasteiger partial charge >= 0.3 is 11.7 Å². The Kier molecular flexibility index (Phi) is 6.74. The minimum absolute atomic E-state index is 0.00941. The number of rotatable bonds is 7. The standard InChI is InChI=1S/C25H30N8O4/c1-3-31-20-22(29-24(31)30-12-6-8-17(26)13-30)32(15-19(34)37-4-2)25(36)33(23(20)35)14-18-10-9-16-7-5-11-27-21(16)28-18/h5,7,9-11,17H,3-4,6,8,12-15,26H2,1-2H3. The quantitative estimate of drug-likeness (QED) is 0.361. The van der Waals surface area contributed by atoms with E-state index in [1.165, 1.54) is 4.57 Å². The maximum absolute atomic E-state index is 13.8. The van der Waals surface area contributed by atoms with Crippen LogP contribution in [0.4, 0.5) is 5.95 Å². The Morgan fingerprint density at radius 3 is 2.73 bits per heavy atom. The van der Waals surface area contributed by atoms with E-state index in [1.807, 2.05) is 30.0 Å². The van der Waals surface area contributed by atoms with E-state index in [1.54, 1.807) is 23.8 Å². The van der Waals surface area contributed by atoms with Crippen LogP contribution in [0.3, 0.4) is 0 Å². The number of aromatic nitrogens is 6. The summed E-state index contributed by atoms with van der Waals surface area (Å²) in [6.07, 6.45) is 3.45. The van der Waals surface area contributed by atoms with Crippen molar-refractivity contribution in [2.24, 2.45) is 5.73 Å². The number of carbonyl (C=O) groups excluding carboxylic acids is 1. The van der Waals surface area contributed by atoms with Crippen molar-refractivity contribution in [1.29, 1.82) is 0 Å². The molecule has 4 aromatic heterocycles. The van der Waals surface area contributed by atoms with Gasteiger partial charge in [0.05, 0.1) is 18.8 Å². The summed E-state index contributed by atoms with van der Waals surface area (Å²) in [5.41, 5.74) is 6.48. The number of ether oxygens (including phenoxy) is 1. The summed E-state index contributed by atoms with van der Waals surface area (Å²) in [4.78, 5) is 55.5. The van der Waals surface area contributed by atoms with Crippen molar-refractivity contribution in [2.75, 3.05) is 24.6 Å². The lowest BCUT2D eigenvalue weighted by atomic mass is 10.1. The van der Waals surface area contributed by atoms with E-state index < -0.39 is 17.2 Å². The van der Waals surface area contributed by atoms with Gasteiger partial charge in [0.1, 0.15) is 6.54 Å². The zero-order chi connectivity index (χ0) is 26.1. The van der Waals surface area contributed by atoms with Crippen LogP contribution in [0.1, 0.15) is 32.4 Å². The molecule has 1 aliphatic rings. The van der Waals surface area contributed by atoms with Gasteiger partial charge in [-0.2, -0.15) is 4.98 Å². The normalized spacial score (nSPS) is 16.0. The zero-order valence-electron chi connectivity index (χ0n) is 21.0. The third kappa shape index (κ3) is 4.59. The molecule has 0 bridgehead atoms. The molecule has 0 radical (unpaired) electrons. The molecule has 1 saturated heterocycles. The van der Waals surface area contributed by atoms with E-state index in [-0.39, 0.29) is 36.9 Å². The topological polar surface area (TPSA) is 143 Å². The summed E-state index contributed by atoms with van der Waals surface area (Å²) in [5, 5.41) is 0.849. The molecule has 12 heteroatoms. The number of piperidine rings is 1. The monoisotopic (exact) mass is 506 g/mol. The minimum Gasteiger partial charge on any atom is -0.465 e. The fourth-order valence-electron chi connectivity index (χ4n) is 4.87. The molecule has 0 amide bonds. The van der Waals surface area contributed by atoms with E-state index in [2.05, 4.69) is 9.97 Å². The molecule has 2 N–H and O–H groups in total. The molecule has 12 nitrogen and oxygen atoms in total. The molecule has 5 heterocycles. The van der Waals surface area contributed by atoms with Crippen molar-refractivity contribution in [3.8, 4) is 0 Å². The Bertz CT molecular complexity index is 1590. The number of fused-ring (bicyclic) bond motifs is 2. The van der Waals surface area contributed by atoms with Gasteiger partial charge in [0.15, 0.2) is 16.8 Å². The molecule has 1 atom stereocenters. The lowest BCUT2D eigenvalue weighted by molar-refractivity contribution is -0.143. The van der Waals surface area contributed by atoms with Crippen molar-refractivity contribution >= 4 is 34.1 Å². The van der Waals surface area contributed by atoms with Gasteiger partial charge in [0.25, 0.3) is 5.56 Å². The van der Waals surface area contributed by atoms with E-state index in [4.69, 9.17) is 15.5 Å². The Labute approximate surface area is 212 Å². The Morgan fingerprint density at radius 1 is 1.14 bits per heavy atom. The van der Waals surface area contributed by atoms with E-state index in [0.717, 1.165) is 29.3 Å². The second-order valence-electron chi connectivity index (χ2n) is 9.09. The minimum atomic E-state index is -0.656. The Morgan fingerprint density at radius 2 is 1.97 bits per heavy atom. The number of imidazole rings is 1. The summed E-state index contributed by atoms with van der Waals surface area (Å²) in [5.74, 6) is -0.0238. The average Bonchev–Trinajstić information content (AvgIpc) is 3.29. The molecule has 0 aromatic carbocycles. The molecule has 0 spiro atoms. The molecule has 0 saturated carbocycles. The summed E-state index contributed by atoms with van der Waals surface area (Å²) < 4.78 is 9.22. The predicted molar refractivity (Wildman–Crippen MR) is 139 cm³/mol. The number of anilines is 1. The zero-order valence-corrected chi connectivity index (χ0v) is 21.0. The van der Waals surface area contributed by atoms with Gasteiger partial charge in [0, 0.05) is 37.3 Å². The van der Waals surface area contributed by atoms with Crippen LogP contribution in [-0.2, 0) is 29.2 Å². The van der Waals surface area contributed by atoms with Crippen molar-refractivity contribution < 1.29 is 9.53 Å². The fraction of sp³-hybridized carbons (Fsp3) is 0.440. The predicted octanol–water partition coefficient (Wildman–Crippen LogP) is 0.862. The molecule has 4 aromatic rings. The third-order valence-electron chi connectivity index (χ3n) is 6.59. The summed E-state index contributed by atoms with van der Waals surface area (Å²) in [6.45, 7) is 5.11. The molecule has 5 rings (SSSR count). The highest BCUT2D eigenvalue weighted by atomic mass is 16.5. The fourth-order valence-corrected chi connectivity index (χ4v) is 4.87. The van der Waals surface area contributed by atoms with Crippen LogP contribution in [0.2, 0.25) is 0 Å². The van der Waals surface area contributed by atoms with E-state index >= 15 is 0 Å². The van der Waals surface area contributed by atoms with Crippen molar-refractivity contribution in [3.63, 3.8) is 0 Å². The van der Waals surface area contributed by atoms with Crippen LogP contribution in [0, 0.1) is 0 Å². The SMILES string of the molecule is CCOC(=O)Cn1c(=O)n(Cc2ccc3cccnc3n2)c(=O)c2c1nc(N1CCCC(N)C1)n2CC. The number of pyridine rings is 2. The number of hydrogen-bond donors (Lipinski definition) is 1. The van der Waals surface area contributed by atoms with E-state index in [9.17, 15) is 14.4 Å². The van der Waals surface area contributed by atoms with Crippen LogP contribution in [-0.4, -0.2) is 60.4 Å². The summed E-state index contributed by atoms with van der Waals surface area (Å²) in [6, 6.07) is 7.30. The highest BCUT2D eigenvalue weighted by Gasteiger charge is 2.27. The van der Waals surface area contributed by atoms with Gasteiger partial charge in [-0.1, -0.05) is 0 Å². The number of carbonyl (C=O) groups is 1. The first-order valence-electron chi connectivity index (χ1n) is 12.5. The highest BCUT2D eigenvalue weighted by molar-refractivity contribution is 5.77. The second-order valence-corrected chi connectivity index (χ2v) is 9.09. The lowest BCUT2D eigenvalue weighted by Gasteiger charge is -2.31. The first kappa shape index (κ1) is 24.6. The molecule has 1 unspecified atom stereocenters. The molecule has 194 valence electrons. The number of hydrogen-bond acceptors (Lipinski definition) is 9. The van der Waals surface area contributed by atoms with Crippen LogP contribution in [0.5, 0.6) is 0 Å². The van der Waals surface area contributed by atoms with Crippen LogP contribution < -0.4 is 21.9 Å². The molecule has 37 heavy (non-hydrogen) atoms. The van der Waals surface area contributed by atoms with Gasteiger partial charge in [-0.05, 0) is 51.0 Å². The maximum Gasteiger partial charge on any atom is 0.333 e. The summed E-state index contributed by atoms with van der Waals surface area (Å²) in [7, 11) is 0. The van der Waals surface area contributed by atoms with Gasteiger partial charge in [-0.3, -0.25) is 18.7 Å². The number of esters is 1. The van der Waals surface area contributed by atoms with Crippen LogP contribution >= 0.6 is 0 Å². The van der Waals surface area contributed by atoms with Gasteiger partial charge in [0.2, 0.25) is 5.95 Å². The average molecular weight is 507 g/mol. The van der Waals surface area contributed by atoms with Crippen molar-refractivity contribution in [3.05, 3.63) is 57.0 Å². The highest BCUT2D eigenvalue weighted by Crippen LogP contribution is 2.23.